The minimum absolute atomic E-state index is 0.0718. The molecule has 24 heavy (non-hydrogen) atoms. The molecular formula is C19H38N2O3. The third-order valence-corrected chi connectivity index (χ3v) is 5.53. The Bertz CT molecular complexity index is 341. The number of amides is 2. The van der Waals surface area contributed by atoms with Crippen molar-refractivity contribution in [2.24, 2.45) is 0 Å². The molecule has 142 valence electrons. The Labute approximate surface area is 148 Å². The van der Waals surface area contributed by atoms with E-state index in [1.54, 1.807) is 14.2 Å². The van der Waals surface area contributed by atoms with Crippen molar-refractivity contribution in [2.75, 3.05) is 27.7 Å². The molecule has 0 saturated carbocycles. The van der Waals surface area contributed by atoms with Gasteiger partial charge in [0, 0.05) is 14.2 Å². The van der Waals surface area contributed by atoms with Gasteiger partial charge in [-0.05, 0) is 25.7 Å². The third-order valence-electron chi connectivity index (χ3n) is 5.53. The smallest absolute Gasteiger partial charge is 0.324 e. The van der Waals surface area contributed by atoms with Crippen molar-refractivity contribution < 1.29 is 14.3 Å². The summed E-state index contributed by atoms with van der Waals surface area (Å²) in [4.78, 5) is 17.3. The topological polar surface area (TPSA) is 42.0 Å². The van der Waals surface area contributed by atoms with Gasteiger partial charge in [-0.15, -0.1) is 0 Å². The van der Waals surface area contributed by atoms with Crippen molar-refractivity contribution in [3.8, 4) is 0 Å². The van der Waals surface area contributed by atoms with Crippen molar-refractivity contribution >= 4 is 6.03 Å². The van der Waals surface area contributed by atoms with Crippen LogP contribution in [-0.2, 0) is 9.47 Å². The molecule has 5 heteroatoms. The highest BCUT2D eigenvalue weighted by atomic mass is 16.5. The van der Waals surface area contributed by atoms with E-state index in [0.29, 0.717) is 13.5 Å². The van der Waals surface area contributed by atoms with E-state index in [-0.39, 0.29) is 17.1 Å². The third kappa shape index (κ3) is 3.43. The summed E-state index contributed by atoms with van der Waals surface area (Å²) in [6.45, 7) is 9.58. The van der Waals surface area contributed by atoms with Crippen LogP contribution in [0.1, 0.15) is 79.1 Å². The van der Waals surface area contributed by atoms with Gasteiger partial charge in [0.25, 0.3) is 0 Å². The molecule has 1 aliphatic heterocycles. The summed E-state index contributed by atoms with van der Waals surface area (Å²) in [6.07, 6.45) is 8.28. The summed E-state index contributed by atoms with van der Waals surface area (Å²) < 4.78 is 10.9. The lowest BCUT2D eigenvalue weighted by Gasteiger charge is -2.51. The molecular weight excluding hydrogens is 304 g/mol. The highest BCUT2D eigenvalue weighted by Gasteiger charge is 2.64. The monoisotopic (exact) mass is 342 g/mol. The molecule has 0 spiro atoms. The number of rotatable bonds is 12. The van der Waals surface area contributed by atoms with E-state index < -0.39 is 0 Å². The molecule has 1 heterocycles. The molecule has 0 bridgehead atoms. The van der Waals surface area contributed by atoms with Gasteiger partial charge < -0.3 is 9.47 Å². The SMILES string of the molecule is CCCC1(CCC)N(COC)C(=O)N(COC)C1(CCC)CCC. The second kappa shape index (κ2) is 9.62. The fourth-order valence-electron chi connectivity index (χ4n) is 5.00. The lowest BCUT2D eigenvalue weighted by molar-refractivity contribution is -0.0450. The number of hydrogen-bond acceptors (Lipinski definition) is 3. The summed E-state index contributed by atoms with van der Waals surface area (Å²) in [6, 6.07) is 0.0718. The van der Waals surface area contributed by atoms with Crippen LogP contribution >= 0.6 is 0 Å². The number of ether oxygens (including phenoxy) is 2. The van der Waals surface area contributed by atoms with Crippen LogP contribution in [0.5, 0.6) is 0 Å². The molecule has 1 fully saturated rings. The first-order valence-corrected chi connectivity index (χ1v) is 9.62. The summed E-state index contributed by atoms with van der Waals surface area (Å²) in [5, 5.41) is 0. The zero-order valence-corrected chi connectivity index (χ0v) is 16.7. The van der Waals surface area contributed by atoms with Crippen LogP contribution in [0, 0.1) is 0 Å². The average Bonchev–Trinajstić information content (AvgIpc) is 2.71. The lowest BCUT2D eigenvalue weighted by atomic mass is 9.66. The molecule has 0 aromatic heterocycles. The van der Waals surface area contributed by atoms with Gasteiger partial charge >= 0.3 is 6.03 Å². The first-order valence-electron chi connectivity index (χ1n) is 9.62. The molecule has 1 saturated heterocycles. The van der Waals surface area contributed by atoms with E-state index in [1.165, 1.54) is 0 Å². The van der Waals surface area contributed by atoms with Crippen LogP contribution in [0.4, 0.5) is 4.79 Å². The number of hydrogen-bond donors (Lipinski definition) is 0. The minimum atomic E-state index is -0.172. The lowest BCUT2D eigenvalue weighted by Crippen LogP contribution is -2.62. The van der Waals surface area contributed by atoms with Crippen molar-refractivity contribution in [1.82, 2.24) is 9.80 Å². The van der Waals surface area contributed by atoms with Crippen LogP contribution in [0.2, 0.25) is 0 Å². The Morgan fingerprint density at radius 3 is 1.21 bits per heavy atom. The molecule has 0 unspecified atom stereocenters. The first kappa shape index (κ1) is 21.2. The van der Waals surface area contributed by atoms with Crippen molar-refractivity contribution in [1.29, 1.82) is 0 Å². The van der Waals surface area contributed by atoms with Gasteiger partial charge in [0.15, 0.2) is 0 Å². The largest absolute Gasteiger partial charge is 0.364 e. The minimum Gasteiger partial charge on any atom is -0.364 e. The van der Waals surface area contributed by atoms with Gasteiger partial charge in [-0.2, -0.15) is 0 Å². The van der Waals surface area contributed by atoms with Crippen molar-refractivity contribution in [2.45, 2.75) is 90.1 Å². The summed E-state index contributed by atoms with van der Waals surface area (Å²) >= 11 is 0. The molecule has 0 aromatic rings. The second-order valence-corrected chi connectivity index (χ2v) is 7.04. The van der Waals surface area contributed by atoms with Crippen LogP contribution in [0.3, 0.4) is 0 Å². The van der Waals surface area contributed by atoms with Crippen molar-refractivity contribution in [3.63, 3.8) is 0 Å². The zero-order valence-electron chi connectivity index (χ0n) is 16.7. The van der Waals surface area contributed by atoms with Crippen LogP contribution in [0.15, 0.2) is 0 Å². The van der Waals surface area contributed by atoms with E-state index in [9.17, 15) is 4.79 Å². The maximum Gasteiger partial charge on any atom is 0.324 e. The van der Waals surface area contributed by atoms with E-state index in [1.807, 2.05) is 9.80 Å². The fourth-order valence-corrected chi connectivity index (χ4v) is 5.00. The molecule has 0 aromatic carbocycles. The molecule has 0 radical (unpaired) electrons. The Kier molecular flexibility index (Phi) is 8.51. The summed E-state index contributed by atoms with van der Waals surface area (Å²) in [5.74, 6) is 0. The van der Waals surface area contributed by atoms with Crippen LogP contribution < -0.4 is 0 Å². The Balaban J connectivity index is 3.56. The van der Waals surface area contributed by atoms with E-state index in [2.05, 4.69) is 27.7 Å². The molecule has 0 atom stereocenters. The van der Waals surface area contributed by atoms with Gasteiger partial charge in [0.05, 0.1) is 11.1 Å². The second-order valence-electron chi connectivity index (χ2n) is 7.04. The predicted octanol–water partition coefficient (Wildman–Crippen LogP) is 4.61. The zero-order chi connectivity index (χ0) is 18.2. The van der Waals surface area contributed by atoms with Crippen LogP contribution in [0.25, 0.3) is 0 Å². The van der Waals surface area contributed by atoms with Gasteiger partial charge in [-0.25, -0.2) is 4.79 Å². The number of methoxy groups -OCH3 is 2. The van der Waals surface area contributed by atoms with Crippen LogP contribution in [-0.4, -0.2) is 54.6 Å². The average molecular weight is 343 g/mol. The standard InChI is InChI=1S/C19H38N2O3/c1-7-11-18(12-8-2)19(13-9-3,14-10-4)21(16-24-6)17(22)20(18)15-23-5/h7-16H2,1-6H3. The summed E-state index contributed by atoms with van der Waals surface area (Å²) in [5.41, 5.74) is -0.345. The number of carbonyl (C=O) groups excluding carboxylic acids is 1. The molecule has 1 rings (SSSR count). The maximum atomic E-state index is 13.3. The van der Waals surface area contributed by atoms with Crippen molar-refractivity contribution in [3.05, 3.63) is 0 Å². The quantitative estimate of drug-likeness (QED) is 0.520. The Hall–Kier alpha value is -0.810. The first-order chi connectivity index (χ1) is 11.5. The van der Waals surface area contributed by atoms with Gasteiger partial charge in [0.1, 0.15) is 13.5 Å². The number of carbonyl (C=O) groups is 1. The predicted molar refractivity (Wildman–Crippen MR) is 97.9 cm³/mol. The Morgan fingerprint density at radius 2 is 1.00 bits per heavy atom. The number of nitrogens with zero attached hydrogens (tertiary/aromatic N) is 2. The number of urea groups is 1. The fraction of sp³-hybridized carbons (Fsp3) is 0.947. The molecule has 0 aliphatic carbocycles. The molecule has 0 N–H and O–H groups in total. The summed E-state index contributed by atoms with van der Waals surface area (Å²) in [7, 11) is 3.35. The van der Waals surface area contributed by atoms with E-state index >= 15 is 0 Å². The maximum absolute atomic E-state index is 13.3. The van der Waals surface area contributed by atoms with Gasteiger partial charge in [-0.1, -0.05) is 53.4 Å². The molecule has 1 aliphatic rings. The van der Waals surface area contributed by atoms with Gasteiger partial charge in [-0.3, -0.25) is 9.80 Å². The normalized spacial score (nSPS) is 19.3. The Morgan fingerprint density at radius 1 is 0.708 bits per heavy atom. The van der Waals surface area contributed by atoms with E-state index in [0.717, 1.165) is 51.4 Å². The molecule has 2 amide bonds. The molecule has 5 nitrogen and oxygen atoms in total. The van der Waals surface area contributed by atoms with E-state index in [4.69, 9.17) is 9.47 Å². The highest BCUT2D eigenvalue weighted by Crippen LogP contribution is 2.52. The van der Waals surface area contributed by atoms with Gasteiger partial charge in [0.2, 0.25) is 0 Å². The highest BCUT2D eigenvalue weighted by molar-refractivity contribution is 5.80.